The number of hydrogen-bond acceptors (Lipinski definition) is 3. The molecule has 2 aliphatic heterocycles. The van der Waals surface area contributed by atoms with Crippen LogP contribution in [0.4, 0.5) is 0 Å². The van der Waals surface area contributed by atoms with Gasteiger partial charge < -0.3 is 0 Å². The Morgan fingerprint density at radius 2 is 2.50 bits per heavy atom. The summed E-state index contributed by atoms with van der Waals surface area (Å²) in [7, 11) is 0. The van der Waals surface area contributed by atoms with Gasteiger partial charge in [-0.3, -0.25) is 10.2 Å². The lowest BCUT2D eigenvalue weighted by Gasteiger charge is -2.37. The second-order valence-corrected chi connectivity index (χ2v) is 5.07. The minimum absolute atomic E-state index is 0.0556. The monoisotopic (exact) mass is 186 g/mol. The maximum Gasteiger partial charge on any atom is 0.236 e. The van der Waals surface area contributed by atoms with E-state index in [1.807, 2.05) is 11.8 Å². The molecule has 0 aromatic rings. The number of carbonyl (C=O) groups is 1. The van der Waals surface area contributed by atoms with Crippen LogP contribution in [0.2, 0.25) is 0 Å². The molecular weight excluding hydrogens is 172 g/mol. The summed E-state index contributed by atoms with van der Waals surface area (Å²) >= 11 is 1.96. The summed E-state index contributed by atoms with van der Waals surface area (Å²) in [5, 5.41) is 0.546. The molecular formula is C8H14N2OS. The topological polar surface area (TPSA) is 41.1 Å². The number of nitrogens with one attached hydrogen (secondary N) is 2. The molecule has 0 aromatic carbocycles. The van der Waals surface area contributed by atoms with Crippen molar-refractivity contribution < 1.29 is 4.79 Å². The minimum atomic E-state index is 0.0556. The van der Waals surface area contributed by atoms with Gasteiger partial charge in [0.1, 0.15) is 0 Å². The molecule has 2 heterocycles. The summed E-state index contributed by atoms with van der Waals surface area (Å²) in [6.45, 7) is 2.21. The molecule has 68 valence electrons. The predicted molar refractivity (Wildman–Crippen MR) is 49.8 cm³/mol. The van der Waals surface area contributed by atoms with Crippen LogP contribution in [0.1, 0.15) is 26.2 Å². The van der Waals surface area contributed by atoms with E-state index in [1.54, 1.807) is 0 Å². The van der Waals surface area contributed by atoms with E-state index in [1.165, 1.54) is 12.2 Å². The Balaban J connectivity index is 2.12. The molecule has 2 fully saturated rings. The molecule has 2 N–H and O–H groups in total. The number of rotatable bonds is 0. The average molecular weight is 186 g/mol. The summed E-state index contributed by atoms with van der Waals surface area (Å²) in [4.78, 5) is 11.1. The first-order valence-corrected chi connectivity index (χ1v) is 5.45. The van der Waals surface area contributed by atoms with Gasteiger partial charge in [0, 0.05) is 11.7 Å². The molecule has 0 aromatic heterocycles. The van der Waals surface area contributed by atoms with Gasteiger partial charge >= 0.3 is 0 Å². The van der Waals surface area contributed by atoms with E-state index in [0.29, 0.717) is 11.7 Å². The molecule has 3 nitrogen and oxygen atoms in total. The van der Waals surface area contributed by atoms with Gasteiger partial charge in [0.25, 0.3) is 0 Å². The van der Waals surface area contributed by atoms with E-state index in [9.17, 15) is 4.79 Å². The van der Waals surface area contributed by atoms with Crippen molar-refractivity contribution in [3.63, 3.8) is 0 Å². The maximum absolute atomic E-state index is 11.1. The van der Waals surface area contributed by atoms with Gasteiger partial charge in [-0.15, -0.1) is 0 Å². The zero-order valence-corrected chi connectivity index (χ0v) is 8.04. The zero-order chi connectivity index (χ0) is 8.60. The molecule has 0 aliphatic carbocycles. The molecule has 2 atom stereocenters. The normalized spacial score (nSPS) is 41.8. The molecule has 0 saturated carbocycles. The number of hydrogen-bond donors (Lipinski definition) is 2. The van der Waals surface area contributed by atoms with Crippen LogP contribution >= 0.6 is 11.8 Å². The highest BCUT2D eigenvalue weighted by atomic mass is 32.2. The van der Waals surface area contributed by atoms with E-state index >= 15 is 0 Å². The fraction of sp³-hybridized carbons (Fsp3) is 0.875. The molecule has 2 unspecified atom stereocenters. The van der Waals surface area contributed by atoms with E-state index in [4.69, 9.17) is 0 Å². The van der Waals surface area contributed by atoms with Crippen molar-refractivity contribution in [1.82, 2.24) is 10.9 Å². The Labute approximate surface area is 76.6 Å². The highest BCUT2D eigenvalue weighted by Crippen LogP contribution is 2.37. The molecule has 2 rings (SSSR count). The third kappa shape index (κ3) is 1.23. The number of thioether (sulfide) groups is 1. The van der Waals surface area contributed by atoms with Gasteiger partial charge in [0.2, 0.25) is 5.91 Å². The molecule has 2 aliphatic rings. The third-order valence-electron chi connectivity index (χ3n) is 2.84. The molecule has 12 heavy (non-hydrogen) atoms. The predicted octanol–water partition coefficient (Wildman–Crippen LogP) is 0.665. The quantitative estimate of drug-likeness (QED) is 0.584. The Kier molecular flexibility index (Phi) is 2.04. The Bertz CT molecular complexity index is 209. The molecule has 1 spiro atoms. The summed E-state index contributed by atoms with van der Waals surface area (Å²) in [6, 6.07) is 0. The van der Waals surface area contributed by atoms with Gasteiger partial charge in [-0.2, -0.15) is 11.8 Å². The lowest BCUT2D eigenvalue weighted by atomic mass is 9.88. The van der Waals surface area contributed by atoms with Crippen molar-refractivity contribution in [3.05, 3.63) is 0 Å². The first-order valence-electron chi connectivity index (χ1n) is 4.41. The van der Waals surface area contributed by atoms with Crippen LogP contribution in [0.3, 0.4) is 0 Å². The van der Waals surface area contributed by atoms with E-state index in [0.717, 1.165) is 6.42 Å². The van der Waals surface area contributed by atoms with E-state index in [2.05, 4.69) is 17.8 Å². The van der Waals surface area contributed by atoms with Crippen LogP contribution in [0.5, 0.6) is 0 Å². The number of amides is 1. The fourth-order valence-corrected chi connectivity index (χ4v) is 3.22. The summed E-state index contributed by atoms with van der Waals surface area (Å²) in [6.07, 6.45) is 3.00. The van der Waals surface area contributed by atoms with Crippen LogP contribution in [0.15, 0.2) is 0 Å². The standard InChI is InChI=1S/C8H14N2OS/c1-6-8(3-2-4-12-6)5-7(11)9-10-8/h6,10H,2-5H2,1H3,(H,9,11). The summed E-state index contributed by atoms with van der Waals surface area (Å²) in [5.41, 5.74) is 5.91. The van der Waals surface area contributed by atoms with Crippen molar-refractivity contribution in [3.8, 4) is 0 Å². The van der Waals surface area contributed by atoms with Gasteiger partial charge in [-0.25, -0.2) is 5.43 Å². The van der Waals surface area contributed by atoms with Gasteiger partial charge in [0.05, 0.1) is 5.54 Å². The zero-order valence-electron chi connectivity index (χ0n) is 7.22. The van der Waals surface area contributed by atoms with Gasteiger partial charge in [-0.1, -0.05) is 6.92 Å². The van der Waals surface area contributed by atoms with E-state index in [-0.39, 0.29) is 11.4 Å². The van der Waals surface area contributed by atoms with Crippen molar-refractivity contribution >= 4 is 17.7 Å². The minimum Gasteiger partial charge on any atom is -0.291 e. The van der Waals surface area contributed by atoms with Crippen LogP contribution in [0, 0.1) is 0 Å². The molecule has 2 saturated heterocycles. The Morgan fingerprint density at radius 3 is 3.08 bits per heavy atom. The molecule has 0 radical (unpaired) electrons. The summed E-state index contributed by atoms with van der Waals surface area (Å²) in [5.74, 6) is 1.38. The average Bonchev–Trinajstić information content (AvgIpc) is 2.41. The number of hydrazine groups is 1. The van der Waals surface area contributed by atoms with Crippen LogP contribution in [-0.4, -0.2) is 22.4 Å². The smallest absolute Gasteiger partial charge is 0.236 e. The lowest BCUT2D eigenvalue weighted by molar-refractivity contribution is -0.119. The van der Waals surface area contributed by atoms with Crippen molar-refractivity contribution in [1.29, 1.82) is 0 Å². The van der Waals surface area contributed by atoms with Gasteiger partial charge in [-0.05, 0) is 18.6 Å². The number of carbonyl (C=O) groups excluding carboxylic acids is 1. The van der Waals surface area contributed by atoms with Crippen LogP contribution in [-0.2, 0) is 4.79 Å². The highest BCUT2D eigenvalue weighted by molar-refractivity contribution is 8.00. The SMILES string of the molecule is CC1SCCCC12CC(=O)NN2. The second-order valence-electron chi connectivity index (χ2n) is 3.62. The van der Waals surface area contributed by atoms with Crippen LogP contribution in [0.25, 0.3) is 0 Å². The largest absolute Gasteiger partial charge is 0.291 e. The van der Waals surface area contributed by atoms with Crippen molar-refractivity contribution in [2.75, 3.05) is 5.75 Å². The van der Waals surface area contributed by atoms with Crippen molar-refractivity contribution in [2.24, 2.45) is 0 Å². The maximum atomic E-state index is 11.1. The third-order valence-corrected chi connectivity index (χ3v) is 4.32. The van der Waals surface area contributed by atoms with Crippen molar-refractivity contribution in [2.45, 2.75) is 37.0 Å². The fourth-order valence-electron chi connectivity index (χ4n) is 1.98. The molecule has 1 amide bonds. The van der Waals surface area contributed by atoms with Gasteiger partial charge in [0.15, 0.2) is 0 Å². The highest BCUT2D eigenvalue weighted by Gasteiger charge is 2.44. The van der Waals surface area contributed by atoms with Crippen LogP contribution < -0.4 is 10.9 Å². The summed E-state index contributed by atoms with van der Waals surface area (Å²) < 4.78 is 0. The second kappa shape index (κ2) is 2.92. The van der Waals surface area contributed by atoms with E-state index < -0.39 is 0 Å². The molecule has 0 bridgehead atoms. The molecule has 4 heteroatoms. The Hall–Kier alpha value is -0.220. The lowest BCUT2D eigenvalue weighted by Crippen LogP contribution is -2.52. The first-order chi connectivity index (χ1) is 5.73. The Morgan fingerprint density at radius 1 is 1.67 bits per heavy atom. The first kappa shape index (κ1) is 8.38.